The van der Waals surface area contributed by atoms with Gasteiger partial charge in [-0.25, -0.2) is 30.4 Å². The summed E-state index contributed by atoms with van der Waals surface area (Å²) in [6.07, 6.45) is 17.8. The lowest BCUT2D eigenvalue weighted by molar-refractivity contribution is -0.137. The van der Waals surface area contributed by atoms with Crippen LogP contribution in [0, 0.1) is 23.2 Å². The van der Waals surface area contributed by atoms with Crippen LogP contribution < -0.4 is 0 Å². The highest BCUT2D eigenvalue weighted by Crippen LogP contribution is 2.63. The Labute approximate surface area is 302 Å². The van der Waals surface area contributed by atoms with Crippen molar-refractivity contribution >= 4 is 54.6 Å². The molecule has 49 heavy (non-hydrogen) atoms. The van der Waals surface area contributed by atoms with Gasteiger partial charge < -0.3 is 0 Å². The number of hydrogen-bond acceptors (Lipinski definition) is 8. The molecule has 0 aromatic heterocycles. The van der Waals surface area contributed by atoms with Crippen molar-refractivity contribution < 1.29 is 21.6 Å². The zero-order valence-electron chi connectivity index (χ0n) is 29.4. The molecule has 2 saturated carbocycles. The van der Waals surface area contributed by atoms with Gasteiger partial charge in [0.05, 0.1) is 12.5 Å². The number of fused-ring (bicyclic) bond motifs is 3. The van der Waals surface area contributed by atoms with Crippen molar-refractivity contribution in [2.24, 2.45) is 28.2 Å². The van der Waals surface area contributed by atoms with Gasteiger partial charge in [0.25, 0.3) is 5.91 Å². The van der Waals surface area contributed by atoms with Crippen molar-refractivity contribution in [3.63, 3.8) is 0 Å². The maximum Gasteiger partial charge on any atom is 0.261 e. The highest BCUT2D eigenvalue weighted by molar-refractivity contribution is 8.13. The molecule has 272 valence electrons. The minimum absolute atomic E-state index is 0.133. The van der Waals surface area contributed by atoms with Crippen LogP contribution in [0.15, 0.2) is 23.2 Å². The molecular formula is C36H54N4O5S4. The number of aryl methyl sites for hydroxylation is 1. The molecule has 7 rings (SSSR count). The molecule has 9 nitrogen and oxygen atoms in total. The lowest BCUT2D eigenvalue weighted by Crippen LogP contribution is -2.52. The van der Waals surface area contributed by atoms with Gasteiger partial charge in [0.2, 0.25) is 20.0 Å². The molecule has 3 heterocycles. The number of amidine groups is 1. The highest BCUT2D eigenvalue weighted by atomic mass is 32.2. The van der Waals surface area contributed by atoms with Gasteiger partial charge in [-0.2, -0.15) is 11.8 Å². The largest absolute Gasteiger partial charge is 0.289 e. The molecule has 0 N–H and O–H groups in total. The molecule has 1 aromatic carbocycles. The minimum Gasteiger partial charge on any atom is -0.289 e. The smallest absolute Gasteiger partial charge is 0.261 e. The summed E-state index contributed by atoms with van der Waals surface area (Å²) in [7, 11) is -6.43. The van der Waals surface area contributed by atoms with Gasteiger partial charge >= 0.3 is 0 Å². The Morgan fingerprint density at radius 1 is 0.837 bits per heavy atom. The van der Waals surface area contributed by atoms with Gasteiger partial charge in [0, 0.05) is 49.1 Å². The zero-order chi connectivity index (χ0) is 34.6. The van der Waals surface area contributed by atoms with Crippen LogP contribution in [-0.4, -0.2) is 104 Å². The molecule has 2 spiro atoms. The van der Waals surface area contributed by atoms with Crippen LogP contribution in [0.1, 0.15) is 87.3 Å². The van der Waals surface area contributed by atoms with E-state index in [1.54, 1.807) is 20.4 Å². The van der Waals surface area contributed by atoms with E-state index < -0.39 is 25.6 Å². The molecule has 3 aliphatic heterocycles. The van der Waals surface area contributed by atoms with E-state index in [0.29, 0.717) is 43.9 Å². The predicted molar refractivity (Wildman–Crippen MR) is 201 cm³/mol. The maximum absolute atomic E-state index is 15.4. The number of carbonyl (C=O) groups is 1. The van der Waals surface area contributed by atoms with E-state index in [-0.39, 0.29) is 17.2 Å². The van der Waals surface area contributed by atoms with Gasteiger partial charge in [-0.05, 0) is 111 Å². The van der Waals surface area contributed by atoms with Gasteiger partial charge in [-0.3, -0.25) is 9.69 Å². The van der Waals surface area contributed by atoms with Gasteiger partial charge in [-0.15, -0.1) is 0 Å². The maximum atomic E-state index is 15.4. The second-order valence-electron chi connectivity index (χ2n) is 15.9. The number of carbonyl (C=O) groups excluding carboxylic acids is 1. The fraction of sp³-hybridized carbons (Fsp3) is 0.778. The van der Waals surface area contributed by atoms with E-state index in [0.717, 1.165) is 86.6 Å². The van der Waals surface area contributed by atoms with Crippen LogP contribution in [0.3, 0.4) is 0 Å². The number of aliphatic imine (C=N–C) groups is 1. The first kappa shape index (κ1) is 36.2. The summed E-state index contributed by atoms with van der Waals surface area (Å²) in [5.41, 5.74) is 2.59. The fourth-order valence-corrected chi connectivity index (χ4v) is 13.0. The molecule has 1 atom stereocenters. The molecule has 1 amide bonds. The summed E-state index contributed by atoms with van der Waals surface area (Å²) in [5.74, 6) is 2.34. The third-order valence-corrected chi connectivity index (χ3v) is 17.6. The number of nitrogens with zero attached hydrogens (tertiary/aromatic N) is 4. The van der Waals surface area contributed by atoms with Crippen LogP contribution in [0.25, 0.3) is 0 Å². The number of sulfonamides is 2. The van der Waals surface area contributed by atoms with Crippen LogP contribution in [0.4, 0.5) is 0 Å². The van der Waals surface area contributed by atoms with Crippen LogP contribution in [0.2, 0.25) is 0 Å². The minimum atomic E-state index is -3.24. The highest BCUT2D eigenvalue weighted by Gasteiger charge is 2.67. The summed E-state index contributed by atoms with van der Waals surface area (Å²) >= 11 is 3.65. The van der Waals surface area contributed by atoms with Crippen LogP contribution in [0.5, 0.6) is 0 Å². The molecule has 2 saturated heterocycles. The molecule has 1 unspecified atom stereocenters. The SMILES string of the molecule is CSC1CCC2(CC1)Cc1ccc(CCC3CC3)cc1C21N=C(SCC2CCN(S(C)(=O)=O)CC2)N(CC2CCN(S(C)(=O)=O)CC2)C1=O. The summed E-state index contributed by atoms with van der Waals surface area (Å²) in [4.78, 5) is 23.1. The first-order valence-corrected chi connectivity index (χ1v) is 24.4. The van der Waals surface area contributed by atoms with Crippen molar-refractivity contribution in [2.45, 2.75) is 94.3 Å². The van der Waals surface area contributed by atoms with Gasteiger partial charge in [-0.1, -0.05) is 42.8 Å². The molecule has 6 aliphatic rings. The number of hydrogen-bond donors (Lipinski definition) is 0. The topological polar surface area (TPSA) is 107 Å². The Morgan fingerprint density at radius 2 is 1.45 bits per heavy atom. The molecule has 0 radical (unpaired) electrons. The van der Waals surface area contributed by atoms with Gasteiger partial charge in [0.15, 0.2) is 10.7 Å². The van der Waals surface area contributed by atoms with E-state index in [1.807, 2.05) is 16.7 Å². The average Bonchev–Trinajstić information content (AvgIpc) is 3.82. The number of thioether (sulfide) groups is 2. The number of rotatable bonds is 10. The Balaban J connectivity index is 1.21. The predicted octanol–water partition coefficient (Wildman–Crippen LogP) is 5.35. The zero-order valence-corrected chi connectivity index (χ0v) is 32.7. The van der Waals surface area contributed by atoms with Gasteiger partial charge in [0.1, 0.15) is 0 Å². The Bertz CT molecular complexity index is 1660. The van der Waals surface area contributed by atoms with Crippen molar-refractivity contribution in [3.8, 4) is 0 Å². The molecular weight excluding hydrogens is 697 g/mol. The third kappa shape index (κ3) is 7.28. The molecule has 1 aromatic rings. The average molecular weight is 751 g/mol. The summed E-state index contributed by atoms with van der Waals surface area (Å²) < 4.78 is 52.0. The number of amides is 1. The monoisotopic (exact) mass is 750 g/mol. The van der Waals surface area contributed by atoms with E-state index in [9.17, 15) is 16.8 Å². The summed E-state index contributed by atoms with van der Waals surface area (Å²) in [5, 5.41) is 1.44. The second kappa shape index (κ2) is 14.0. The molecule has 13 heteroatoms. The standard InChI is InChI=1S/C36H54N4O5S4/c1-46-31-10-16-35(17-11-31)23-30-9-8-27(7-6-26-4-5-26)22-32(30)36(35)33(41)40(24-28-12-18-38(19-13-28)48(2,42)43)34(37-36)47-25-29-14-20-39(21-15-29)49(3,44)45/h8-9,22,26,28-29,31H,4-7,10-21,23-25H2,1-3H3. The van der Waals surface area contributed by atoms with E-state index in [4.69, 9.17) is 4.99 Å². The van der Waals surface area contributed by atoms with Crippen LogP contribution in [-0.2, 0) is 43.2 Å². The van der Waals surface area contributed by atoms with Crippen molar-refractivity contribution in [2.75, 3.05) is 57.2 Å². The van der Waals surface area contributed by atoms with E-state index in [1.165, 1.54) is 42.9 Å². The molecule has 0 bridgehead atoms. The van der Waals surface area contributed by atoms with Crippen molar-refractivity contribution in [3.05, 3.63) is 34.9 Å². The summed E-state index contributed by atoms with van der Waals surface area (Å²) in [6.45, 7) is 2.62. The first-order valence-electron chi connectivity index (χ1n) is 18.4. The Morgan fingerprint density at radius 3 is 2.02 bits per heavy atom. The fourth-order valence-electron chi connectivity index (χ4n) is 9.35. The van der Waals surface area contributed by atoms with Crippen molar-refractivity contribution in [1.82, 2.24) is 13.5 Å². The number of piperidine rings is 2. The number of benzene rings is 1. The van der Waals surface area contributed by atoms with E-state index in [2.05, 4.69) is 24.5 Å². The van der Waals surface area contributed by atoms with Crippen LogP contribution >= 0.6 is 23.5 Å². The normalized spacial score (nSPS) is 30.8. The lowest BCUT2D eigenvalue weighted by Gasteiger charge is -2.45. The van der Waals surface area contributed by atoms with E-state index >= 15 is 4.79 Å². The quantitative estimate of drug-likeness (QED) is 0.318. The molecule has 3 aliphatic carbocycles. The lowest BCUT2D eigenvalue weighted by atomic mass is 9.61. The van der Waals surface area contributed by atoms with Crippen molar-refractivity contribution in [1.29, 1.82) is 0 Å². The Kier molecular flexibility index (Phi) is 10.4. The Hall–Kier alpha value is -1.12. The molecule has 4 fully saturated rings. The third-order valence-electron chi connectivity index (χ3n) is 12.6. The first-order chi connectivity index (χ1) is 23.3. The second-order valence-corrected chi connectivity index (χ2v) is 22.0. The summed E-state index contributed by atoms with van der Waals surface area (Å²) in [6, 6.07) is 6.96.